The molecule has 1 heterocycles. The summed E-state index contributed by atoms with van der Waals surface area (Å²) in [4.78, 5) is 22.3. The maximum Gasteiger partial charge on any atom is 0.306 e. The van der Waals surface area contributed by atoms with Crippen molar-refractivity contribution >= 4 is 28.3 Å². The van der Waals surface area contributed by atoms with Gasteiger partial charge >= 0.3 is 5.97 Å². The number of amides is 1. The third-order valence-electron chi connectivity index (χ3n) is 2.31. The van der Waals surface area contributed by atoms with Crippen LogP contribution in [0.2, 0.25) is 0 Å². The molecule has 94 valence electrons. The summed E-state index contributed by atoms with van der Waals surface area (Å²) < 4.78 is 0. The molecule has 0 aliphatic carbocycles. The van der Waals surface area contributed by atoms with Gasteiger partial charge in [0.15, 0.2) is 0 Å². The number of hydrogen-bond donors (Lipinski definition) is 2. The fraction of sp³-hybridized carbons (Fsp3) is 0.600. The van der Waals surface area contributed by atoms with E-state index in [1.54, 1.807) is 0 Å². The highest BCUT2D eigenvalue weighted by molar-refractivity contribution is 7.13. The molecule has 0 aromatic carbocycles. The molecule has 0 saturated carbocycles. The van der Waals surface area contributed by atoms with E-state index in [2.05, 4.69) is 15.5 Å². The van der Waals surface area contributed by atoms with Crippen LogP contribution in [0.5, 0.6) is 0 Å². The SMILES string of the molecule is CCC[C@H](CCC(=O)Nc1nncs1)C(=O)O. The molecule has 1 aromatic heterocycles. The summed E-state index contributed by atoms with van der Waals surface area (Å²) in [6.07, 6.45) is 1.95. The fourth-order valence-electron chi connectivity index (χ4n) is 1.45. The van der Waals surface area contributed by atoms with E-state index in [0.717, 1.165) is 6.42 Å². The van der Waals surface area contributed by atoms with E-state index in [4.69, 9.17) is 5.11 Å². The molecular weight excluding hydrogens is 242 g/mol. The van der Waals surface area contributed by atoms with Gasteiger partial charge in [0.2, 0.25) is 11.0 Å². The number of carbonyl (C=O) groups excluding carboxylic acids is 1. The van der Waals surface area contributed by atoms with Crippen LogP contribution in [0.1, 0.15) is 32.6 Å². The number of rotatable bonds is 7. The van der Waals surface area contributed by atoms with Gasteiger partial charge in [0, 0.05) is 6.42 Å². The summed E-state index contributed by atoms with van der Waals surface area (Å²) in [7, 11) is 0. The number of carbonyl (C=O) groups is 2. The van der Waals surface area contributed by atoms with Crippen LogP contribution in [-0.4, -0.2) is 27.2 Å². The Balaban J connectivity index is 2.33. The summed E-state index contributed by atoms with van der Waals surface area (Å²) in [5.74, 6) is -1.50. The Morgan fingerprint density at radius 2 is 2.29 bits per heavy atom. The van der Waals surface area contributed by atoms with Gasteiger partial charge in [-0.15, -0.1) is 10.2 Å². The first-order chi connectivity index (χ1) is 8.13. The lowest BCUT2D eigenvalue weighted by molar-refractivity contribution is -0.142. The predicted molar refractivity (Wildman–Crippen MR) is 63.8 cm³/mol. The van der Waals surface area contributed by atoms with Crippen LogP contribution >= 0.6 is 11.3 Å². The number of nitrogens with zero attached hydrogens (tertiary/aromatic N) is 2. The number of nitrogens with one attached hydrogen (secondary N) is 1. The van der Waals surface area contributed by atoms with Crippen molar-refractivity contribution in [3.63, 3.8) is 0 Å². The number of carboxylic acid groups (broad SMARTS) is 1. The smallest absolute Gasteiger partial charge is 0.306 e. The molecular formula is C10H15N3O3S. The molecule has 0 aliphatic heterocycles. The van der Waals surface area contributed by atoms with E-state index in [0.29, 0.717) is 18.0 Å². The predicted octanol–water partition coefficient (Wildman–Crippen LogP) is 1.76. The second-order valence-electron chi connectivity index (χ2n) is 3.65. The summed E-state index contributed by atoms with van der Waals surface area (Å²) in [6, 6.07) is 0. The zero-order chi connectivity index (χ0) is 12.7. The lowest BCUT2D eigenvalue weighted by Crippen LogP contribution is -2.18. The highest BCUT2D eigenvalue weighted by atomic mass is 32.1. The topological polar surface area (TPSA) is 92.2 Å². The van der Waals surface area contributed by atoms with E-state index in [9.17, 15) is 9.59 Å². The molecule has 0 radical (unpaired) electrons. The molecule has 0 saturated heterocycles. The summed E-state index contributed by atoms with van der Waals surface area (Å²) >= 11 is 1.23. The van der Waals surface area contributed by atoms with Crippen molar-refractivity contribution in [2.45, 2.75) is 32.6 Å². The Morgan fingerprint density at radius 1 is 1.53 bits per heavy atom. The van der Waals surface area contributed by atoms with E-state index >= 15 is 0 Å². The van der Waals surface area contributed by atoms with Crippen LogP contribution in [0.3, 0.4) is 0 Å². The molecule has 1 atom stereocenters. The first-order valence-electron chi connectivity index (χ1n) is 5.42. The normalized spacial score (nSPS) is 12.1. The van der Waals surface area contributed by atoms with Crippen LogP contribution in [0.15, 0.2) is 5.51 Å². The van der Waals surface area contributed by atoms with Crippen LogP contribution in [0, 0.1) is 5.92 Å². The van der Waals surface area contributed by atoms with Crippen molar-refractivity contribution in [1.29, 1.82) is 0 Å². The van der Waals surface area contributed by atoms with Crippen molar-refractivity contribution in [2.24, 2.45) is 5.92 Å². The number of hydrogen-bond acceptors (Lipinski definition) is 5. The molecule has 6 nitrogen and oxygen atoms in total. The lowest BCUT2D eigenvalue weighted by Gasteiger charge is -2.09. The van der Waals surface area contributed by atoms with Crippen molar-refractivity contribution < 1.29 is 14.7 Å². The number of aromatic nitrogens is 2. The Bertz CT molecular complexity index is 367. The molecule has 7 heteroatoms. The highest BCUT2D eigenvalue weighted by Gasteiger charge is 2.17. The third-order valence-corrected chi connectivity index (χ3v) is 2.92. The average molecular weight is 257 g/mol. The van der Waals surface area contributed by atoms with Gasteiger partial charge in [-0.2, -0.15) is 0 Å². The Morgan fingerprint density at radius 3 is 2.82 bits per heavy atom. The number of anilines is 1. The molecule has 0 bridgehead atoms. The minimum absolute atomic E-state index is 0.191. The molecule has 1 aromatic rings. The highest BCUT2D eigenvalue weighted by Crippen LogP contribution is 2.15. The van der Waals surface area contributed by atoms with Crippen LogP contribution in [0.25, 0.3) is 0 Å². The Hall–Kier alpha value is -1.50. The average Bonchev–Trinajstić information content (AvgIpc) is 2.76. The summed E-state index contributed by atoms with van der Waals surface area (Å²) in [5.41, 5.74) is 1.52. The van der Waals surface area contributed by atoms with Gasteiger partial charge in [-0.25, -0.2) is 0 Å². The second-order valence-corrected chi connectivity index (χ2v) is 4.49. The van der Waals surface area contributed by atoms with Gasteiger partial charge in [0.05, 0.1) is 5.92 Å². The minimum Gasteiger partial charge on any atom is -0.481 e. The van der Waals surface area contributed by atoms with E-state index in [-0.39, 0.29) is 12.3 Å². The van der Waals surface area contributed by atoms with Crippen LogP contribution in [0.4, 0.5) is 5.13 Å². The first kappa shape index (κ1) is 13.6. The van der Waals surface area contributed by atoms with Crippen LogP contribution in [-0.2, 0) is 9.59 Å². The zero-order valence-corrected chi connectivity index (χ0v) is 10.4. The molecule has 0 aliphatic rings. The lowest BCUT2D eigenvalue weighted by atomic mass is 9.98. The third kappa shape index (κ3) is 4.90. The Kier molecular flexibility index (Phi) is 5.55. The van der Waals surface area contributed by atoms with Gasteiger partial charge in [-0.1, -0.05) is 24.7 Å². The van der Waals surface area contributed by atoms with E-state index in [1.165, 1.54) is 16.8 Å². The van der Waals surface area contributed by atoms with Gasteiger partial charge in [0.1, 0.15) is 5.51 Å². The minimum atomic E-state index is -0.837. The number of carboxylic acids is 1. The van der Waals surface area contributed by atoms with Gasteiger partial charge < -0.3 is 10.4 Å². The van der Waals surface area contributed by atoms with E-state index in [1.807, 2.05) is 6.92 Å². The largest absolute Gasteiger partial charge is 0.481 e. The number of aliphatic carboxylic acids is 1. The standard InChI is InChI=1S/C10H15N3O3S/c1-2-3-7(9(15)16)4-5-8(14)12-10-13-11-6-17-10/h6-7H,2-5H2,1H3,(H,15,16)(H,12,13,14)/t7-/m1/s1. The van der Waals surface area contributed by atoms with Crippen molar-refractivity contribution in [1.82, 2.24) is 10.2 Å². The maximum absolute atomic E-state index is 11.5. The molecule has 2 N–H and O–H groups in total. The quantitative estimate of drug-likeness (QED) is 0.776. The fourth-order valence-corrected chi connectivity index (χ4v) is 1.92. The van der Waals surface area contributed by atoms with Gasteiger partial charge in [-0.3, -0.25) is 9.59 Å². The van der Waals surface area contributed by atoms with Crippen molar-refractivity contribution in [3.05, 3.63) is 5.51 Å². The molecule has 1 rings (SSSR count). The zero-order valence-electron chi connectivity index (χ0n) is 9.55. The van der Waals surface area contributed by atoms with Gasteiger partial charge in [0.25, 0.3) is 0 Å². The molecule has 0 fully saturated rings. The van der Waals surface area contributed by atoms with Crippen molar-refractivity contribution in [3.8, 4) is 0 Å². The maximum atomic E-state index is 11.5. The first-order valence-corrected chi connectivity index (χ1v) is 6.30. The molecule has 0 unspecified atom stereocenters. The molecule has 0 spiro atoms. The Labute approximate surface area is 103 Å². The summed E-state index contributed by atoms with van der Waals surface area (Å²) in [5, 5.41) is 19.2. The molecule has 1 amide bonds. The molecule has 17 heavy (non-hydrogen) atoms. The van der Waals surface area contributed by atoms with Crippen LogP contribution < -0.4 is 5.32 Å². The van der Waals surface area contributed by atoms with E-state index < -0.39 is 11.9 Å². The summed E-state index contributed by atoms with van der Waals surface area (Å²) in [6.45, 7) is 1.93. The monoisotopic (exact) mass is 257 g/mol. The second kappa shape index (κ2) is 6.95. The van der Waals surface area contributed by atoms with Crippen molar-refractivity contribution in [2.75, 3.05) is 5.32 Å². The van der Waals surface area contributed by atoms with Gasteiger partial charge in [-0.05, 0) is 12.8 Å².